The van der Waals surface area contributed by atoms with Gasteiger partial charge in [-0.05, 0) is 37.1 Å². The summed E-state index contributed by atoms with van der Waals surface area (Å²) in [6.45, 7) is 4.53. The highest BCUT2D eigenvalue weighted by molar-refractivity contribution is 8.00. The number of hydrogen-bond acceptors (Lipinski definition) is 6. The molecule has 30 heavy (non-hydrogen) atoms. The number of aromatic nitrogens is 5. The monoisotopic (exact) mass is 438 g/mol. The van der Waals surface area contributed by atoms with Gasteiger partial charge in [0.15, 0.2) is 11.2 Å². The van der Waals surface area contributed by atoms with Gasteiger partial charge in [0, 0.05) is 10.7 Å². The van der Waals surface area contributed by atoms with E-state index in [1.165, 1.54) is 23.7 Å². The van der Waals surface area contributed by atoms with E-state index in [0.717, 1.165) is 11.1 Å². The average molecular weight is 439 g/mol. The Morgan fingerprint density at radius 2 is 1.93 bits per heavy atom. The van der Waals surface area contributed by atoms with E-state index in [9.17, 15) is 4.79 Å². The Balaban J connectivity index is 1.45. The number of aryl methyl sites for hydroxylation is 2. The number of rotatable bonds is 6. The predicted octanol–water partition coefficient (Wildman–Crippen LogP) is 4.27. The van der Waals surface area contributed by atoms with Crippen molar-refractivity contribution in [1.29, 1.82) is 0 Å². The number of amides is 1. The van der Waals surface area contributed by atoms with Crippen LogP contribution in [0.1, 0.15) is 16.7 Å². The van der Waals surface area contributed by atoms with E-state index in [-0.39, 0.29) is 11.7 Å². The van der Waals surface area contributed by atoms with Gasteiger partial charge in [0.25, 0.3) is 0 Å². The Bertz CT molecular complexity index is 1210. The van der Waals surface area contributed by atoms with E-state index in [1.54, 1.807) is 10.7 Å². The maximum atomic E-state index is 12.3. The lowest BCUT2D eigenvalue weighted by atomic mass is 10.1. The fraction of sp³-hybridized carbons (Fsp3) is 0.190. The van der Waals surface area contributed by atoms with Crippen LogP contribution in [-0.2, 0) is 11.3 Å². The molecule has 0 spiro atoms. The van der Waals surface area contributed by atoms with Gasteiger partial charge in [-0.2, -0.15) is 0 Å². The average Bonchev–Trinajstić information content (AvgIpc) is 3.14. The van der Waals surface area contributed by atoms with Gasteiger partial charge in [-0.25, -0.2) is 14.6 Å². The van der Waals surface area contributed by atoms with Crippen LogP contribution in [0.2, 0.25) is 5.02 Å². The minimum atomic E-state index is -0.154. The van der Waals surface area contributed by atoms with Crippen molar-refractivity contribution >= 4 is 46.1 Å². The lowest BCUT2D eigenvalue weighted by Crippen LogP contribution is -2.14. The first-order chi connectivity index (χ1) is 14.5. The molecular formula is C21H19ClN6OS. The topological polar surface area (TPSA) is 85.6 Å². The van der Waals surface area contributed by atoms with Crippen LogP contribution >= 0.6 is 23.4 Å². The van der Waals surface area contributed by atoms with Crippen molar-refractivity contribution in [2.24, 2.45) is 0 Å². The molecule has 2 heterocycles. The van der Waals surface area contributed by atoms with Gasteiger partial charge in [0.2, 0.25) is 5.91 Å². The van der Waals surface area contributed by atoms with Crippen molar-refractivity contribution in [2.45, 2.75) is 25.4 Å². The molecule has 0 aliphatic carbocycles. The van der Waals surface area contributed by atoms with E-state index < -0.39 is 0 Å². The summed E-state index contributed by atoms with van der Waals surface area (Å²) < 4.78 is 1.74. The van der Waals surface area contributed by atoms with Crippen LogP contribution in [0.15, 0.2) is 53.8 Å². The van der Waals surface area contributed by atoms with Gasteiger partial charge in [0.1, 0.15) is 11.4 Å². The number of carbonyl (C=O) groups is 1. The SMILES string of the molecule is Cc1ccc(Cn2nnc3c(SCC(=O)Nc4ccc(C)c(Cl)c4)ncnc32)cc1. The van der Waals surface area contributed by atoms with Gasteiger partial charge in [-0.15, -0.1) is 5.10 Å². The second-order valence-electron chi connectivity index (χ2n) is 6.88. The van der Waals surface area contributed by atoms with Crippen LogP contribution < -0.4 is 5.32 Å². The maximum absolute atomic E-state index is 12.3. The quantitative estimate of drug-likeness (QED) is 0.357. The summed E-state index contributed by atoms with van der Waals surface area (Å²) in [5.41, 5.74) is 5.15. The van der Waals surface area contributed by atoms with E-state index >= 15 is 0 Å². The van der Waals surface area contributed by atoms with E-state index in [0.29, 0.717) is 33.4 Å². The summed E-state index contributed by atoms with van der Waals surface area (Å²) in [6, 6.07) is 13.7. The first-order valence-electron chi connectivity index (χ1n) is 9.28. The molecule has 152 valence electrons. The molecular weight excluding hydrogens is 420 g/mol. The zero-order valence-corrected chi connectivity index (χ0v) is 18.0. The van der Waals surface area contributed by atoms with Crippen molar-refractivity contribution in [3.05, 3.63) is 70.5 Å². The zero-order valence-electron chi connectivity index (χ0n) is 16.5. The van der Waals surface area contributed by atoms with Crippen molar-refractivity contribution in [3.8, 4) is 0 Å². The number of halogens is 1. The molecule has 0 atom stereocenters. The summed E-state index contributed by atoms with van der Waals surface area (Å²) in [4.78, 5) is 20.9. The van der Waals surface area contributed by atoms with Crippen molar-refractivity contribution in [1.82, 2.24) is 25.0 Å². The van der Waals surface area contributed by atoms with Crippen LogP contribution in [0.25, 0.3) is 11.2 Å². The van der Waals surface area contributed by atoms with Crippen molar-refractivity contribution < 1.29 is 4.79 Å². The molecule has 1 amide bonds. The number of benzene rings is 2. The highest BCUT2D eigenvalue weighted by Crippen LogP contribution is 2.24. The van der Waals surface area contributed by atoms with E-state index in [4.69, 9.17) is 11.6 Å². The van der Waals surface area contributed by atoms with Gasteiger partial charge >= 0.3 is 0 Å². The maximum Gasteiger partial charge on any atom is 0.234 e. The molecule has 0 aliphatic heterocycles. The van der Waals surface area contributed by atoms with Crippen LogP contribution in [0, 0.1) is 13.8 Å². The summed E-state index contributed by atoms with van der Waals surface area (Å²) in [6.07, 6.45) is 1.47. The van der Waals surface area contributed by atoms with Gasteiger partial charge in [-0.3, -0.25) is 4.79 Å². The third-order valence-corrected chi connectivity index (χ3v) is 5.90. The molecule has 9 heteroatoms. The third-order valence-electron chi connectivity index (χ3n) is 4.52. The molecule has 2 aromatic carbocycles. The van der Waals surface area contributed by atoms with E-state index in [2.05, 4.69) is 56.8 Å². The molecule has 7 nitrogen and oxygen atoms in total. The highest BCUT2D eigenvalue weighted by Gasteiger charge is 2.14. The fourth-order valence-electron chi connectivity index (χ4n) is 2.85. The third kappa shape index (κ3) is 4.60. The Labute approximate surface area is 182 Å². The molecule has 0 saturated carbocycles. The molecule has 4 rings (SSSR count). The van der Waals surface area contributed by atoms with Gasteiger partial charge in [0.05, 0.1) is 12.3 Å². The second kappa shape index (κ2) is 8.81. The normalized spacial score (nSPS) is 11.0. The Kier molecular flexibility index (Phi) is 5.96. The first kappa shape index (κ1) is 20.3. The van der Waals surface area contributed by atoms with E-state index in [1.807, 2.05) is 19.1 Å². The predicted molar refractivity (Wildman–Crippen MR) is 119 cm³/mol. The first-order valence-corrected chi connectivity index (χ1v) is 10.6. The van der Waals surface area contributed by atoms with Crippen LogP contribution in [0.5, 0.6) is 0 Å². The molecule has 2 aromatic heterocycles. The summed E-state index contributed by atoms with van der Waals surface area (Å²) in [5, 5.41) is 12.5. The molecule has 1 N–H and O–H groups in total. The van der Waals surface area contributed by atoms with Crippen molar-refractivity contribution in [3.63, 3.8) is 0 Å². The van der Waals surface area contributed by atoms with Crippen LogP contribution in [0.3, 0.4) is 0 Å². The molecule has 0 bridgehead atoms. The molecule has 0 fully saturated rings. The standard InChI is InChI=1S/C21H19ClN6OS/c1-13-3-6-15(7-4-13)10-28-20-19(26-27-28)21(24-12-23-20)30-11-18(29)25-16-8-5-14(2)17(22)9-16/h3-9,12H,10-11H2,1-2H3,(H,25,29). The summed E-state index contributed by atoms with van der Waals surface area (Å²) in [5.74, 6) is 0.0290. The number of fused-ring (bicyclic) bond motifs is 1. The number of hydrogen-bond donors (Lipinski definition) is 1. The minimum absolute atomic E-state index is 0.154. The van der Waals surface area contributed by atoms with Gasteiger partial charge < -0.3 is 5.32 Å². The number of carbonyl (C=O) groups excluding carboxylic acids is 1. The fourth-order valence-corrected chi connectivity index (χ4v) is 3.76. The smallest absolute Gasteiger partial charge is 0.234 e. The second-order valence-corrected chi connectivity index (χ2v) is 8.26. The number of nitrogens with one attached hydrogen (secondary N) is 1. The Hall–Kier alpha value is -2.97. The van der Waals surface area contributed by atoms with Crippen LogP contribution in [-0.4, -0.2) is 36.6 Å². The Morgan fingerprint density at radius 1 is 1.13 bits per heavy atom. The van der Waals surface area contributed by atoms with Gasteiger partial charge in [-0.1, -0.05) is 64.5 Å². The molecule has 0 saturated heterocycles. The number of thioether (sulfide) groups is 1. The minimum Gasteiger partial charge on any atom is -0.325 e. The largest absolute Gasteiger partial charge is 0.325 e. The lowest BCUT2D eigenvalue weighted by Gasteiger charge is -2.07. The summed E-state index contributed by atoms with van der Waals surface area (Å²) >= 11 is 7.41. The lowest BCUT2D eigenvalue weighted by molar-refractivity contribution is -0.113. The van der Waals surface area contributed by atoms with Crippen molar-refractivity contribution in [2.75, 3.05) is 11.1 Å². The molecule has 0 aliphatic rings. The molecule has 0 unspecified atom stereocenters. The zero-order chi connectivity index (χ0) is 21.1. The number of nitrogens with zero attached hydrogens (tertiary/aromatic N) is 5. The number of anilines is 1. The molecule has 0 radical (unpaired) electrons. The molecule has 4 aromatic rings. The Morgan fingerprint density at radius 3 is 2.70 bits per heavy atom. The summed E-state index contributed by atoms with van der Waals surface area (Å²) in [7, 11) is 0. The highest BCUT2D eigenvalue weighted by atomic mass is 35.5. The van der Waals surface area contributed by atoms with Crippen LogP contribution in [0.4, 0.5) is 5.69 Å².